The second kappa shape index (κ2) is 5.63. The lowest BCUT2D eigenvalue weighted by Gasteiger charge is -2.10. The molecule has 0 unspecified atom stereocenters. The zero-order chi connectivity index (χ0) is 17.5. The number of benzene rings is 2. The first-order valence-electron chi connectivity index (χ1n) is 8.29. The van der Waals surface area contributed by atoms with Crippen molar-refractivity contribution in [3.8, 4) is 17.1 Å². The molecule has 6 nitrogen and oxygen atoms in total. The molecule has 0 fully saturated rings. The van der Waals surface area contributed by atoms with E-state index in [2.05, 4.69) is 22.2 Å². The van der Waals surface area contributed by atoms with E-state index in [1.54, 1.807) is 6.20 Å². The Morgan fingerprint density at radius 1 is 0.808 bits per heavy atom. The number of anilines is 1. The maximum absolute atomic E-state index is 6.15. The number of hydrogen-bond donors (Lipinski definition) is 1. The van der Waals surface area contributed by atoms with Gasteiger partial charge in [0.2, 0.25) is 0 Å². The van der Waals surface area contributed by atoms with Crippen LogP contribution in [0.3, 0.4) is 0 Å². The fourth-order valence-corrected chi connectivity index (χ4v) is 3.18. The highest BCUT2D eigenvalue weighted by atomic mass is 15.3. The molecule has 0 bridgehead atoms. The van der Waals surface area contributed by atoms with Crippen LogP contribution >= 0.6 is 0 Å². The molecule has 26 heavy (non-hydrogen) atoms. The highest BCUT2D eigenvalue weighted by Gasteiger charge is 2.09. The first-order valence-corrected chi connectivity index (χ1v) is 8.29. The van der Waals surface area contributed by atoms with Gasteiger partial charge in [-0.1, -0.05) is 0 Å². The minimum atomic E-state index is 0.709. The van der Waals surface area contributed by atoms with Crippen molar-refractivity contribution in [3.05, 3.63) is 85.7 Å². The van der Waals surface area contributed by atoms with Crippen LogP contribution in [0, 0.1) is 0 Å². The van der Waals surface area contributed by atoms with Crippen molar-refractivity contribution in [1.29, 1.82) is 0 Å². The molecule has 5 rings (SSSR count). The molecule has 0 radical (unpaired) electrons. The Kier molecular flexibility index (Phi) is 3.15. The lowest BCUT2D eigenvalue weighted by Crippen LogP contribution is -1.99. The zero-order valence-electron chi connectivity index (χ0n) is 13.9. The Bertz CT molecular complexity index is 1180. The minimum absolute atomic E-state index is 0.709. The molecule has 0 amide bonds. The molecule has 2 N–H and O–H groups in total. The summed E-state index contributed by atoms with van der Waals surface area (Å²) >= 11 is 0. The number of imidazole rings is 1. The Hall–Kier alpha value is -3.80. The SMILES string of the molecule is Nc1cc(-n2cccc2)cc(-n2cnc3cc(-n4cccn4)ccc32)c1. The van der Waals surface area contributed by atoms with Gasteiger partial charge in [-0.05, 0) is 54.6 Å². The van der Waals surface area contributed by atoms with Crippen LogP contribution in [0.1, 0.15) is 0 Å². The third-order valence-electron chi connectivity index (χ3n) is 4.41. The van der Waals surface area contributed by atoms with E-state index in [-0.39, 0.29) is 0 Å². The Labute approximate surface area is 149 Å². The summed E-state index contributed by atoms with van der Waals surface area (Å²) in [7, 11) is 0. The monoisotopic (exact) mass is 340 g/mol. The van der Waals surface area contributed by atoms with Crippen LogP contribution in [0.15, 0.2) is 85.7 Å². The molecule has 0 aliphatic heterocycles. The highest BCUT2D eigenvalue weighted by molar-refractivity contribution is 5.80. The molecule has 5 aromatic rings. The first-order chi connectivity index (χ1) is 12.8. The molecule has 6 heteroatoms. The van der Waals surface area contributed by atoms with Crippen molar-refractivity contribution in [2.45, 2.75) is 0 Å². The van der Waals surface area contributed by atoms with Crippen molar-refractivity contribution < 1.29 is 0 Å². The number of nitrogens with zero attached hydrogens (tertiary/aromatic N) is 5. The molecule has 0 aliphatic carbocycles. The van der Waals surface area contributed by atoms with Gasteiger partial charge >= 0.3 is 0 Å². The van der Waals surface area contributed by atoms with Crippen LogP contribution in [-0.4, -0.2) is 23.9 Å². The van der Waals surface area contributed by atoms with Crippen LogP contribution in [0.4, 0.5) is 5.69 Å². The maximum atomic E-state index is 6.15. The molecule has 0 atom stereocenters. The van der Waals surface area contributed by atoms with E-state index in [4.69, 9.17) is 5.73 Å². The van der Waals surface area contributed by atoms with Gasteiger partial charge in [0.15, 0.2) is 0 Å². The van der Waals surface area contributed by atoms with Crippen LogP contribution in [0.2, 0.25) is 0 Å². The van der Waals surface area contributed by atoms with Crippen LogP contribution < -0.4 is 5.73 Å². The maximum Gasteiger partial charge on any atom is 0.100 e. The molecule has 0 aliphatic rings. The lowest BCUT2D eigenvalue weighted by molar-refractivity contribution is 0.882. The van der Waals surface area contributed by atoms with Gasteiger partial charge in [0.05, 0.1) is 22.4 Å². The van der Waals surface area contributed by atoms with Crippen molar-refractivity contribution in [2.24, 2.45) is 0 Å². The lowest BCUT2D eigenvalue weighted by atomic mass is 10.2. The summed E-state index contributed by atoms with van der Waals surface area (Å²) < 4.78 is 5.91. The molecule has 0 saturated heterocycles. The average molecular weight is 340 g/mol. The molecule has 126 valence electrons. The standard InChI is InChI=1S/C20H16N6/c21-15-10-17(24-7-1-2-8-24)12-18(11-15)25-14-22-19-13-16(4-5-20(19)25)26-9-3-6-23-26/h1-14H,21H2. The van der Waals surface area contributed by atoms with E-state index >= 15 is 0 Å². The summed E-state index contributed by atoms with van der Waals surface area (Å²) in [5.74, 6) is 0. The third kappa shape index (κ3) is 2.36. The van der Waals surface area contributed by atoms with E-state index in [0.717, 1.165) is 28.1 Å². The molecule has 2 aromatic carbocycles. The summed E-state index contributed by atoms with van der Waals surface area (Å²) in [4.78, 5) is 4.56. The van der Waals surface area contributed by atoms with Crippen molar-refractivity contribution in [3.63, 3.8) is 0 Å². The Morgan fingerprint density at radius 2 is 1.65 bits per heavy atom. The van der Waals surface area contributed by atoms with E-state index in [9.17, 15) is 0 Å². The highest BCUT2D eigenvalue weighted by Crippen LogP contribution is 2.24. The van der Waals surface area contributed by atoms with Gasteiger partial charge in [-0.25, -0.2) is 9.67 Å². The summed E-state index contributed by atoms with van der Waals surface area (Å²) in [5.41, 5.74) is 11.7. The summed E-state index contributed by atoms with van der Waals surface area (Å²) in [6, 6.07) is 18.0. The topological polar surface area (TPSA) is 66.6 Å². The smallest absolute Gasteiger partial charge is 0.100 e. The van der Waals surface area contributed by atoms with Crippen LogP contribution in [0.25, 0.3) is 28.1 Å². The number of aromatic nitrogens is 5. The van der Waals surface area contributed by atoms with Gasteiger partial charge in [-0.2, -0.15) is 5.10 Å². The second-order valence-corrected chi connectivity index (χ2v) is 6.11. The molecular weight excluding hydrogens is 324 g/mol. The number of hydrogen-bond acceptors (Lipinski definition) is 3. The number of nitrogen functional groups attached to an aromatic ring is 1. The van der Waals surface area contributed by atoms with E-state index in [0.29, 0.717) is 5.69 Å². The Morgan fingerprint density at radius 3 is 2.46 bits per heavy atom. The number of fused-ring (bicyclic) bond motifs is 1. The summed E-state index contributed by atoms with van der Waals surface area (Å²) in [5, 5.41) is 4.27. The molecular formula is C20H16N6. The van der Waals surface area contributed by atoms with Crippen molar-refractivity contribution in [2.75, 3.05) is 5.73 Å². The number of nitrogens with two attached hydrogens (primary N) is 1. The van der Waals surface area contributed by atoms with Crippen molar-refractivity contribution >= 4 is 16.7 Å². The fourth-order valence-electron chi connectivity index (χ4n) is 3.18. The van der Waals surface area contributed by atoms with E-state index in [1.807, 2.05) is 81.2 Å². The molecule has 0 spiro atoms. The second-order valence-electron chi connectivity index (χ2n) is 6.11. The van der Waals surface area contributed by atoms with Gasteiger partial charge in [-0.3, -0.25) is 4.57 Å². The predicted molar refractivity (Wildman–Crippen MR) is 102 cm³/mol. The quantitative estimate of drug-likeness (QED) is 0.511. The number of rotatable bonds is 3. The zero-order valence-corrected chi connectivity index (χ0v) is 13.9. The predicted octanol–water partition coefficient (Wildman–Crippen LogP) is 3.58. The van der Waals surface area contributed by atoms with Gasteiger partial charge in [0.1, 0.15) is 6.33 Å². The minimum Gasteiger partial charge on any atom is -0.399 e. The normalized spacial score (nSPS) is 11.2. The largest absolute Gasteiger partial charge is 0.399 e. The molecule has 3 heterocycles. The van der Waals surface area contributed by atoms with E-state index < -0.39 is 0 Å². The van der Waals surface area contributed by atoms with Crippen molar-refractivity contribution in [1.82, 2.24) is 23.9 Å². The van der Waals surface area contributed by atoms with E-state index in [1.165, 1.54) is 0 Å². The first kappa shape index (κ1) is 14.5. The Balaban J connectivity index is 1.63. The van der Waals surface area contributed by atoms with Gasteiger partial charge < -0.3 is 10.3 Å². The average Bonchev–Trinajstić information content (AvgIpc) is 3.41. The van der Waals surface area contributed by atoms with Gasteiger partial charge in [-0.15, -0.1) is 0 Å². The van der Waals surface area contributed by atoms with Crippen LogP contribution in [-0.2, 0) is 0 Å². The van der Waals surface area contributed by atoms with Crippen LogP contribution in [0.5, 0.6) is 0 Å². The fraction of sp³-hybridized carbons (Fsp3) is 0. The molecule has 3 aromatic heterocycles. The van der Waals surface area contributed by atoms with Gasteiger partial charge in [0, 0.05) is 36.2 Å². The third-order valence-corrected chi connectivity index (χ3v) is 4.41. The molecule has 0 saturated carbocycles. The summed E-state index contributed by atoms with van der Waals surface area (Å²) in [6.45, 7) is 0. The van der Waals surface area contributed by atoms with Gasteiger partial charge in [0.25, 0.3) is 0 Å². The summed E-state index contributed by atoms with van der Waals surface area (Å²) in [6.07, 6.45) is 9.51.